The summed E-state index contributed by atoms with van der Waals surface area (Å²) >= 11 is 0. The van der Waals surface area contributed by atoms with Gasteiger partial charge in [-0.2, -0.15) is 0 Å². The Hall–Kier alpha value is -3.22. The fourth-order valence-electron chi connectivity index (χ4n) is 1.92. The van der Waals surface area contributed by atoms with Gasteiger partial charge >= 0.3 is 6.03 Å². The molecule has 0 bridgehead atoms. The Kier molecular flexibility index (Phi) is 3.53. The third kappa shape index (κ3) is 2.78. The van der Waals surface area contributed by atoms with Crippen LogP contribution in [0.4, 0.5) is 10.6 Å². The molecule has 0 fully saturated rings. The minimum Gasteiger partial charge on any atom is -0.508 e. The van der Waals surface area contributed by atoms with Crippen LogP contribution in [0.15, 0.2) is 42.6 Å². The van der Waals surface area contributed by atoms with Crippen molar-refractivity contribution in [1.29, 1.82) is 0 Å². The quantitative estimate of drug-likeness (QED) is 0.672. The van der Waals surface area contributed by atoms with E-state index in [0.29, 0.717) is 22.7 Å². The molecule has 3 aromatic rings. The van der Waals surface area contributed by atoms with E-state index in [-0.39, 0.29) is 11.8 Å². The van der Waals surface area contributed by atoms with Crippen molar-refractivity contribution < 1.29 is 9.90 Å². The molecule has 110 valence electrons. The first-order valence-electron chi connectivity index (χ1n) is 6.57. The number of carbonyl (C=O) groups excluding carboxylic acids is 1. The van der Waals surface area contributed by atoms with E-state index in [1.165, 1.54) is 7.05 Å². The Balaban J connectivity index is 2.00. The molecule has 0 atom stereocenters. The average Bonchev–Trinajstić information content (AvgIpc) is 2.54. The largest absolute Gasteiger partial charge is 0.508 e. The molecule has 3 rings (SSSR count). The molecule has 0 saturated heterocycles. The molecule has 0 radical (unpaired) electrons. The topological polar surface area (TPSA) is 100 Å². The van der Waals surface area contributed by atoms with Gasteiger partial charge in [0.25, 0.3) is 0 Å². The van der Waals surface area contributed by atoms with Crippen molar-refractivity contribution in [2.24, 2.45) is 0 Å². The molecular formula is C15H13N5O2. The first-order valence-corrected chi connectivity index (χ1v) is 6.57. The van der Waals surface area contributed by atoms with Gasteiger partial charge in [-0.25, -0.2) is 14.8 Å². The first kappa shape index (κ1) is 13.7. The van der Waals surface area contributed by atoms with Crippen LogP contribution < -0.4 is 10.6 Å². The number of nitrogens with zero attached hydrogens (tertiary/aromatic N) is 3. The smallest absolute Gasteiger partial charge is 0.320 e. The second-order valence-corrected chi connectivity index (χ2v) is 4.55. The molecule has 1 aromatic carbocycles. The molecule has 0 saturated carbocycles. The Morgan fingerprint density at radius 1 is 1.09 bits per heavy atom. The highest BCUT2D eigenvalue weighted by molar-refractivity contribution is 5.89. The van der Waals surface area contributed by atoms with E-state index < -0.39 is 0 Å². The van der Waals surface area contributed by atoms with Gasteiger partial charge < -0.3 is 10.4 Å². The van der Waals surface area contributed by atoms with E-state index in [1.54, 1.807) is 42.6 Å². The Morgan fingerprint density at radius 2 is 1.86 bits per heavy atom. The molecule has 0 aliphatic heterocycles. The number of phenols is 1. The SMILES string of the molecule is CNC(=O)Nc1ccc2ncc(-c3ccc(O)cc3)nc2n1. The normalized spacial score (nSPS) is 10.4. The number of anilines is 1. The van der Waals surface area contributed by atoms with E-state index >= 15 is 0 Å². The van der Waals surface area contributed by atoms with Gasteiger partial charge in [0.1, 0.15) is 17.1 Å². The lowest BCUT2D eigenvalue weighted by molar-refractivity contribution is 0.254. The monoisotopic (exact) mass is 295 g/mol. The summed E-state index contributed by atoms with van der Waals surface area (Å²) < 4.78 is 0. The molecule has 3 N–H and O–H groups in total. The van der Waals surface area contributed by atoms with Gasteiger partial charge in [0.2, 0.25) is 0 Å². The lowest BCUT2D eigenvalue weighted by Gasteiger charge is -2.05. The van der Waals surface area contributed by atoms with Gasteiger partial charge in [0.15, 0.2) is 5.65 Å². The third-order valence-corrected chi connectivity index (χ3v) is 3.04. The van der Waals surface area contributed by atoms with Gasteiger partial charge in [0, 0.05) is 12.6 Å². The zero-order chi connectivity index (χ0) is 15.5. The van der Waals surface area contributed by atoms with E-state index in [9.17, 15) is 9.90 Å². The predicted molar refractivity (Wildman–Crippen MR) is 82.5 cm³/mol. The number of aromatic nitrogens is 3. The fraction of sp³-hybridized carbons (Fsp3) is 0.0667. The zero-order valence-electron chi connectivity index (χ0n) is 11.7. The lowest BCUT2D eigenvalue weighted by Crippen LogP contribution is -2.24. The summed E-state index contributed by atoms with van der Waals surface area (Å²) in [5, 5.41) is 14.4. The molecule has 0 unspecified atom stereocenters. The van der Waals surface area contributed by atoms with Gasteiger partial charge in [-0.3, -0.25) is 10.3 Å². The number of benzene rings is 1. The standard InChI is InChI=1S/C15H13N5O2/c1-16-15(22)20-13-7-6-11-14(19-13)18-12(8-17-11)9-2-4-10(21)5-3-9/h2-8,21H,1H3,(H2,16,18,19,20,22). The minimum absolute atomic E-state index is 0.188. The summed E-state index contributed by atoms with van der Waals surface area (Å²) in [4.78, 5) is 24.3. The van der Waals surface area contributed by atoms with Crippen LogP contribution in [0.1, 0.15) is 0 Å². The number of pyridine rings is 1. The number of amides is 2. The molecule has 2 amide bonds. The van der Waals surface area contributed by atoms with Gasteiger partial charge in [-0.15, -0.1) is 0 Å². The fourth-order valence-corrected chi connectivity index (χ4v) is 1.92. The van der Waals surface area contributed by atoms with Crippen LogP contribution in [0.25, 0.3) is 22.4 Å². The highest BCUT2D eigenvalue weighted by Crippen LogP contribution is 2.21. The number of phenolic OH excluding ortho intramolecular Hbond substituents is 1. The molecule has 7 nitrogen and oxygen atoms in total. The van der Waals surface area contributed by atoms with Crippen molar-refractivity contribution in [3.63, 3.8) is 0 Å². The minimum atomic E-state index is -0.352. The van der Waals surface area contributed by atoms with Crippen LogP contribution in [0, 0.1) is 0 Å². The number of hydrogen-bond acceptors (Lipinski definition) is 5. The summed E-state index contributed by atoms with van der Waals surface area (Å²) in [5.74, 6) is 0.580. The Bertz CT molecular complexity index is 833. The van der Waals surface area contributed by atoms with E-state index in [0.717, 1.165) is 5.56 Å². The van der Waals surface area contributed by atoms with Crippen molar-refractivity contribution in [2.75, 3.05) is 12.4 Å². The molecular weight excluding hydrogens is 282 g/mol. The predicted octanol–water partition coefficient (Wildman–Crippen LogP) is 2.15. The van der Waals surface area contributed by atoms with E-state index in [1.807, 2.05) is 0 Å². The number of fused-ring (bicyclic) bond motifs is 1. The first-order chi connectivity index (χ1) is 10.7. The number of aromatic hydroxyl groups is 1. The van der Waals surface area contributed by atoms with Gasteiger partial charge in [-0.1, -0.05) is 0 Å². The summed E-state index contributed by atoms with van der Waals surface area (Å²) in [5.41, 5.74) is 2.51. The van der Waals surface area contributed by atoms with Crippen LogP contribution in [-0.2, 0) is 0 Å². The van der Waals surface area contributed by atoms with Gasteiger partial charge in [0.05, 0.1) is 11.9 Å². The maximum absolute atomic E-state index is 11.3. The average molecular weight is 295 g/mol. The van der Waals surface area contributed by atoms with Gasteiger partial charge in [-0.05, 0) is 36.4 Å². The van der Waals surface area contributed by atoms with Crippen LogP contribution >= 0.6 is 0 Å². The summed E-state index contributed by atoms with van der Waals surface area (Å²) in [6.45, 7) is 0. The van der Waals surface area contributed by atoms with Crippen LogP contribution in [-0.4, -0.2) is 33.1 Å². The van der Waals surface area contributed by atoms with Crippen LogP contribution in [0.5, 0.6) is 5.75 Å². The van der Waals surface area contributed by atoms with E-state index in [2.05, 4.69) is 25.6 Å². The van der Waals surface area contributed by atoms with Crippen molar-refractivity contribution in [3.05, 3.63) is 42.6 Å². The Labute approximate surface area is 126 Å². The number of carbonyl (C=O) groups is 1. The maximum Gasteiger partial charge on any atom is 0.320 e. The van der Waals surface area contributed by atoms with Crippen LogP contribution in [0.2, 0.25) is 0 Å². The highest BCUT2D eigenvalue weighted by Gasteiger charge is 2.06. The number of nitrogens with one attached hydrogen (secondary N) is 2. The summed E-state index contributed by atoms with van der Waals surface area (Å²) in [6.07, 6.45) is 1.64. The summed E-state index contributed by atoms with van der Waals surface area (Å²) in [6, 6.07) is 9.70. The van der Waals surface area contributed by atoms with Crippen molar-refractivity contribution in [2.45, 2.75) is 0 Å². The molecule has 2 aromatic heterocycles. The molecule has 0 spiro atoms. The molecule has 22 heavy (non-hydrogen) atoms. The van der Waals surface area contributed by atoms with Crippen LogP contribution in [0.3, 0.4) is 0 Å². The lowest BCUT2D eigenvalue weighted by atomic mass is 10.1. The highest BCUT2D eigenvalue weighted by atomic mass is 16.3. The number of rotatable bonds is 2. The second-order valence-electron chi connectivity index (χ2n) is 4.55. The Morgan fingerprint density at radius 3 is 2.59 bits per heavy atom. The number of urea groups is 1. The third-order valence-electron chi connectivity index (χ3n) is 3.04. The molecule has 2 heterocycles. The van der Waals surface area contributed by atoms with Crippen molar-refractivity contribution in [1.82, 2.24) is 20.3 Å². The zero-order valence-corrected chi connectivity index (χ0v) is 11.7. The molecule has 7 heteroatoms. The maximum atomic E-state index is 11.3. The summed E-state index contributed by atoms with van der Waals surface area (Å²) in [7, 11) is 1.53. The number of hydrogen-bond donors (Lipinski definition) is 3. The van der Waals surface area contributed by atoms with Crippen molar-refractivity contribution >= 4 is 23.0 Å². The molecule has 0 aliphatic rings. The van der Waals surface area contributed by atoms with E-state index in [4.69, 9.17) is 0 Å². The second kappa shape index (κ2) is 5.65. The van der Waals surface area contributed by atoms with Crippen molar-refractivity contribution in [3.8, 4) is 17.0 Å². The molecule has 0 aliphatic carbocycles.